The topological polar surface area (TPSA) is 196 Å². The number of esters is 4. The molecular weight excluding hydrogens is 672 g/mol. The van der Waals surface area contributed by atoms with Gasteiger partial charge in [0, 0.05) is 78.6 Å². The molecule has 1 aromatic rings. The minimum Gasteiger partial charge on any atom is -0.497 e. The number of methoxy groups -OCH3 is 4. The Morgan fingerprint density at radius 2 is 1.47 bits per heavy atom. The molecule has 278 valence electrons. The maximum atomic E-state index is 14.4. The van der Waals surface area contributed by atoms with Crippen LogP contribution in [-0.4, -0.2) is 117 Å². The number of Topliss-reactive ketones (excluding diaryl/α,β-unsaturated/α-hetero) is 1. The number of carbonyl (C=O) groups is 6. The summed E-state index contributed by atoms with van der Waals surface area (Å²) in [4.78, 5) is 79.9. The lowest BCUT2D eigenvalue weighted by Crippen LogP contribution is -2.68. The highest BCUT2D eigenvalue weighted by atomic mass is 16.6. The molecule has 2 bridgehead atoms. The van der Waals surface area contributed by atoms with Gasteiger partial charge in [0.05, 0.1) is 30.8 Å². The number of hydrogen-bond acceptors (Lipinski definition) is 15. The lowest BCUT2D eigenvalue weighted by Gasteiger charge is -2.54. The van der Waals surface area contributed by atoms with Crippen LogP contribution in [0, 0.1) is 35.0 Å². The lowest BCUT2D eigenvalue weighted by atomic mass is 9.56. The Bertz CT molecular complexity index is 1610. The molecule has 1 N–H and O–H groups in total. The highest BCUT2D eigenvalue weighted by Gasteiger charge is 2.88. The first-order chi connectivity index (χ1) is 24.1. The molecule has 6 rings (SSSR count). The number of ketones is 1. The van der Waals surface area contributed by atoms with Gasteiger partial charge in [-0.1, -0.05) is 0 Å². The molecule has 13 atom stereocenters. The molecule has 15 heteroatoms. The first-order valence-corrected chi connectivity index (χ1v) is 16.8. The van der Waals surface area contributed by atoms with Gasteiger partial charge in [0.25, 0.3) is 0 Å². The van der Waals surface area contributed by atoms with E-state index in [9.17, 15) is 33.9 Å². The van der Waals surface area contributed by atoms with E-state index in [0.29, 0.717) is 12.0 Å². The second-order valence-electron chi connectivity index (χ2n) is 14.4. The van der Waals surface area contributed by atoms with Gasteiger partial charge in [-0.3, -0.25) is 19.2 Å². The number of benzene rings is 1. The summed E-state index contributed by atoms with van der Waals surface area (Å²) in [5.74, 6) is -8.28. The van der Waals surface area contributed by atoms with Gasteiger partial charge in [0.15, 0.2) is 17.5 Å². The quantitative estimate of drug-likeness (QED) is 0.195. The van der Waals surface area contributed by atoms with Crippen LogP contribution in [-0.2, 0) is 57.1 Å². The van der Waals surface area contributed by atoms with E-state index in [1.165, 1.54) is 54.4 Å². The third-order valence-corrected chi connectivity index (χ3v) is 12.2. The Labute approximate surface area is 294 Å². The second kappa shape index (κ2) is 12.9. The van der Waals surface area contributed by atoms with Crippen molar-refractivity contribution in [3.05, 3.63) is 29.8 Å². The Morgan fingerprint density at radius 1 is 0.824 bits per heavy atom. The van der Waals surface area contributed by atoms with Crippen LogP contribution in [0.3, 0.4) is 0 Å². The van der Waals surface area contributed by atoms with Gasteiger partial charge in [0.2, 0.25) is 0 Å². The zero-order valence-electron chi connectivity index (χ0n) is 29.6. The molecule has 1 unspecified atom stereocenters. The summed E-state index contributed by atoms with van der Waals surface area (Å²) in [5, 5.41) is 13.0. The number of fused-ring (bicyclic) bond motifs is 6. The maximum Gasteiger partial charge on any atom is 0.338 e. The molecular formula is C36H44O15. The minimum absolute atomic E-state index is 0.0645. The molecule has 51 heavy (non-hydrogen) atoms. The van der Waals surface area contributed by atoms with E-state index in [4.69, 9.17) is 37.9 Å². The molecule has 0 aliphatic heterocycles. The van der Waals surface area contributed by atoms with Crippen LogP contribution in [0.2, 0.25) is 0 Å². The number of carbonyl (C=O) groups excluding carboxylic acids is 6. The van der Waals surface area contributed by atoms with E-state index >= 15 is 0 Å². The van der Waals surface area contributed by atoms with Gasteiger partial charge in [0.1, 0.15) is 35.4 Å². The average molecular weight is 717 g/mol. The molecule has 5 fully saturated rings. The predicted octanol–water partition coefficient (Wildman–Crippen LogP) is 1.24. The zero-order valence-corrected chi connectivity index (χ0v) is 29.6. The monoisotopic (exact) mass is 716 g/mol. The highest BCUT2D eigenvalue weighted by Crippen LogP contribution is 2.76. The van der Waals surface area contributed by atoms with Crippen LogP contribution in [0.4, 0.5) is 0 Å². The van der Waals surface area contributed by atoms with E-state index < -0.39 is 112 Å². The fourth-order valence-corrected chi connectivity index (χ4v) is 11.0. The summed E-state index contributed by atoms with van der Waals surface area (Å²) in [5.41, 5.74) is -7.20. The fourth-order valence-electron chi connectivity index (χ4n) is 11.0. The van der Waals surface area contributed by atoms with Gasteiger partial charge in [-0.2, -0.15) is 0 Å². The number of aldehydes is 1. The number of rotatable bonds is 11. The van der Waals surface area contributed by atoms with Gasteiger partial charge in [-0.15, -0.1) is 0 Å². The number of ether oxygens (including phenoxy) is 8. The molecule has 0 heterocycles. The molecule has 0 saturated heterocycles. The van der Waals surface area contributed by atoms with Crippen LogP contribution in [0.25, 0.3) is 0 Å². The highest BCUT2D eigenvalue weighted by molar-refractivity contribution is 5.93. The molecule has 0 aromatic heterocycles. The third-order valence-electron chi connectivity index (χ3n) is 12.2. The van der Waals surface area contributed by atoms with E-state index in [0.717, 1.165) is 6.92 Å². The lowest BCUT2D eigenvalue weighted by molar-refractivity contribution is -0.254. The molecule has 1 aromatic carbocycles. The average Bonchev–Trinajstić information content (AvgIpc) is 3.61. The van der Waals surface area contributed by atoms with Crippen molar-refractivity contribution in [2.24, 2.45) is 35.0 Å². The summed E-state index contributed by atoms with van der Waals surface area (Å²) in [6.07, 6.45) is -4.90. The van der Waals surface area contributed by atoms with Crippen molar-refractivity contribution in [1.82, 2.24) is 0 Å². The summed E-state index contributed by atoms with van der Waals surface area (Å²) >= 11 is 0. The molecule has 0 radical (unpaired) electrons. The van der Waals surface area contributed by atoms with E-state index in [1.807, 2.05) is 0 Å². The molecule has 5 saturated carbocycles. The van der Waals surface area contributed by atoms with Crippen LogP contribution in [0.5, 0.6) is 5.75 Å². The van der Waals surface area contributed by atoms with Crippen LogP contribution < -0.4 is 4.74 Å². The van der Waals surface area contributed by atoms with Gasteiger partial charge >= 0.3 is 23.9 Å². The van der Waals surface area contributed by atoms with Crippen molar-refractivity contribution in [3.63, 3.8) is 0 Å². The fraction of sp³-hybridized carbons (Fsp3) is 0.667. The third kappa shape index (κ3) is 5.06. The normalized spacial score (nSPS) is 41.6. The molecule has 0 spiro atoms. The molecule has 0 amide bonds. The van der Waals surface area contributed by atoms with Crippen molar-refractivity contribution < 1.29 is 71.8 Å². The molecule has 5 aliphatic carbocycles. The first kappa shape index (κ1) is 36.9. The van der Waals surface area contributed by atoms with Crippen LogP contribution >= 0.6 is 0 Å². The Hall–Kier alpha value is -3.92. The van der Waals surface area contributed by atoms with E-state index in [2.05, 4.69) is 0 Å². The SMILES string of the molecule is COC[C@@]1(C=O)[C@H](OC(C)=O)CC(=O)C2(O)[C@@H]3[C@@H]4C[C@]5(OC(C)=O)[C@@H](OC)C[C@](OC(C)=O)([C@@H]3[C@H](OC)[C@@H]21)[C@H]4[C@H]5OC(=O)c1ccc(OC)cc1. The van der Waals surface area contributed by atoms with Gasteiger partial charge in [-0.25, -0.2) is 4.79 Å². The van der Waals surface area contributed by atoms with Gasteiger partial charge < -0.3 is 47.8 Å². The van der Waals surface area contributed by atoms with Crippen molar-refractivity contribution in [2.75, 3.05) is 35.0 Å². The summed E-state index contributed by atoms with van der Waals surface area (Å²) < 4.78 is 47.2. The Kier molecular flexibility index (Phi) is 9.35. The minimum atomic E-state index is -2.32. The first-order valence-electron chi connectivity index (χ1n) is 16.8. The van der Waals surface area contributed by atoms with Crippen molar-refractivity contribution >= 4 is 35.9 Å². The summed E-state index contributed by atoms with van der Waals surface area (Å²) in [6, 6.07) is 6.17. The van der Waals surface area contributed by atoms with Gasteiger partial charge in [-0.05, 0) is 36.6 Å². The Balaban J connectivity index is 1.57. The van der Waals surface area contributed by atoms with Crippen molar-refractivity contribution in [2.45, 2.75) is 81.3 Å². The zero-order chi connectivity index (χ0) is 37.3. The number of aliphatic hydroxyl groups is 1. The standard InChI is InChI=1S/C36H44O15/c1-17(38)48-24-12-23(41)36(43)26-22-13-34(50-18(2)39)25(46-6)14-35(51-19(3)40,28(26)29(47-7)30(36)33(24,15-37)16-44-4)27(22)31(34)49-32(42)20-8-10-21(45-5)11-9-20/h8-11,15,22,24-31,43H,12-14,16H2,1-7H3/t22-,24+,25-,26+,27+,28-,29-,30+,31+,33-,34-,35+,36?/m0/s1. The summed E-state index contributed by atoms with van der Waals surface area (Å²) in [6.45, 7) is 3.22. The smallest absolute Gasteiger partial charge is 0.338 e. The van der Waals surface area contributed by atoms with E-state index in [1.54, 1.807) is 12.1 Å². The predicted molar refractivity (Wildman–Crippen MR) is 170 cm³/mol. The maximum absolute atomic E-state index is 14.4. The van der Waals surface area contributed by atoms with Crippen LogP contribution in [0.1, 0.15) is 50.4 Å². The Morgan fingerprint density at radius 3 is 2.00 bits per heavy atom. The summed E-state index contributed by atoms with van der Waals surface area (Å²) in [7, 11) is 5.57. The largest absolute Gasteiger partial charge is 0.497 e. The van der Waals surface area contributed by atoms with Crippen molar-refractivity contribution in [3.8, 4) is 5.75 Å². The number of hydrogen-bond donors (Lipinski definition) is 1. The second-order valence-corrected chi connectivity index (χ2v) is 14.4. The van der Waals surface area contributed by atoms with E-state index in [-0.39, 0.29) is 25.0 Å². The van der Waals surface area contributed by atoms with Crippen molar-refractivity contribution in [1.29, 1.82) is 0 Å². The molecule has 5 aliphatic rings. The molecule has 15 nitrogen and oxygen atoms in total. The van der Waals surface area contributed by atoms with Crippen LogP contribution in [0.15, 0.2) is 24.3 Å².